The Bertz CT molecular complexity index is 919. The van der Waals surface area contributed by atoms with Crippen molar-refractivity contribution in [2.75, 3.05) is 0 Å². The van der Waals surface area contributed by atoms with Crippen LogP contribution in [0.5, 0.6) is 11.6 Å². The van der Waals surface area contributed by atoms with Crippen LogP contribution in [0.25, 0.3) is 5.69 Å². The van der Waals surface area contributed by atoms with Gasteiger partial charge in [-0.05, 0) is 31.5 Å². The molecule has 0 N–H and O–H groups in total. The van der Waals surface area contributed by atoms with Crippen LogP contribution in [0.4, 0.5) is 8.78 Å². The number of halogens is 3. The van der Waals surface area contributed by atoms with Gasteiger partial charge in [-0.2, -0.15) is 13.9 Å². The largest absolute Gasteiger partial charge is 0.470 e. The Labute approximate surface area is 152 Å². The molecular weight excluding hydrogens is 368 g/mol. The summed E-state index contributed by atoms with van der Waals surface area (Å²) in [6.07, 6.45) is 1.60. The molecule has 0 amide bonds. The molecule has 136 valence electrons. The fourth-order valence-electron chi connectivity index (χ4n) is 2.05. The molecular formula is C16H14ClF2N5O2. The molecule has 0 aliphatic rings. The van der Waals surface area contributed by atoms with Crippen molar-refractivity contribution in [2.45, 2.75) is 27.1 Å². The first-order valence-corrected chi connectivity index (χ1v) is 7.90. The van der Waals surface area contributed by atoms with Crippen molar-refractivity contribution in [3.8, 4) is 17.3 Å². The van der Waals surface area contributed by atoms with Crippen LogP contribution in [0, 0.1) is 13.8 Å². The molecule has 2 heterocycles. The first-order valence-electron chi connectivity index (χ1n) is 7.52. The monoisotopic (exact) mass is 381 g/mol. The quantitative estimate of drug-likeness (QED) is 0.650. The maximum absolute atomic E-state index is 12.4. The summed E-state index contributed by atoms with van der Waals surface area (Å²) < 4.78 is 36.1. The van der Waals surface area contributed by atoms with Gasteiger partial charge in [0, 0.05) is 12.1 Å². The van der Waals surface area contributed by atoms with Crippen molar-refractivity contribution in [3.05, 3.63) is 52.4 Å². The Morgan fingerprint density at radius 1 is 1.15 bits per heavy atom. The zero-order chi connectivity index (χ0) is 18.7. The molecule has 0 saturated carbocycles. The lowest BCUT2D eigenvalue weighted by molar-refractivity contribution is -0.0497. The van der Waals surface area contributed by atoms with Gasteiger partial charge in [0.05, 0.1) is 22.6 Å². The number of aromatic nitrogens is 5. The van der Waals surface area contributed by atoms with Gasteiger partial charge >= 0.3 is 6.61 Å². The molecule has 2 aromatic heterocycles. The topological polar surface area (TPSA) is 75.0 Å². The third kappa shape index (κ3) is 4.23. The second-order valence-electron chi connectivity index (χ2n) is 5.39. The van der Waals surface area contributed by atoms with E-state index in [9.17, 15) is 8.78 Å². The lowest BCUT2D eigenvalue weighted by Gasteiger charge is -2.08. The van der Waals surface area contributed by atoms with Crippen molar-refractivity contribution in [1.29, 1.82) is 0 Å². The number of aryl methyl sites for hydroxylation is 2. The number of nitrogens with zero attached hydrogens (tertiary/aromatic N) is 5. The molecule has 0 fully saturated rings. The van der Waals surface area contributed by atoms with E-state index < -0.39 is 6.61 Å². The van der Waals surface area contributed by atoms with E-state index in [1.807, 2.05) is 13.8 Å². The van der Waals surface area contributed by atoms with E-state index >= 15 is 0 Å². The van der Waals surface area contributed by atoms with Crippen molar-refractivity contribution in [3.63, 3.8) is 0 Å². The summed E-state index contributed by atoms with van der Waals surface area (Å²) in [7, 11) is 0. The summed E-state index contributed by atoms with van der Waals surface area (Å²) in [5, 5.41) is 15.9. The fourth-order valence-corrected chi connectivity index (χ4v) is 2.21. The minimum Gasteiger partial charge on any atom is -0.470 e. The zero-order valence-corrected chi connectivity index (χ0v) is 14.6. The van der Waals surface area contributed by atoms with Gasteiger partial charge in [-0.1, -0.05) is 16.8 Å². The maximum Gasteiger partial charge on any atom is 0.387 e. The average Bonchev–Trinajstić information content (AvgIpc) is 3.06. The molecule has 0 radical (unpaired) electrons. The highest BCUT2D eigenvalue weighted by Gasteiger charge is 2.12. The highest BCUT2D eigenvalue weighted by atomic mass is 35.5. The lowest BCUT2D eigenvalue weighted by atomic mass is 10.2. The van der Waals surface area contributed by atoms with E-state index in [0.717, 1.165) is 11.3 Å². The van der Waals surface area contributed by atoms with Gasteiger partial charge in [0.1, 0.15) is 18.1 Å². The molecule has 7 nitrogen and oxygen atoms in total. The number of benzene rings is 1. The van der Waals surface area contributed by atoms with Crippen molar-refractivity contribution in [1.82, 2.24) is 25.2 Å². The van der Waals surface area contributed by atoms with E-state index in [-0.39, 0.29) is 17.4 Å². The predicted molar refractivity (Wildman–Crippen MR) is 88.8 cm³/mol. The Morgan fingerprint density at radius 2 is 1.96 bits per heavy atom. The molecule has 0 aliphatic carbocycles. The minimum absolute atomic E-state index is 0.0750. The molecule has 10 heteroatoms. The fraction of sp³-hybridized carbons (Fsp3) is 0.250. The van der Waals surface area contributed by atoms with Gasteiger partial charge in [0.25, 0.3) is 0 Å². The van der Waals surface area contributed by atoms with Crippen LogP contribution < -0.4 is 9.47 Å². The average molecular weight is 382 g/mol. The summed E-state index contributed by atoms with van der Waals surface area (Å²) >= 11 is 5.84. The SMILES string of the molecule is Cc1cc(OCc2cn(-c3ccc(Cl)c(OC(F)F)c3)nn2)nnc1C. The van der Waals surface area contributed by atoms with Crippen molar-refractivity contribution in [2.24, 2.45) is 0 Å². The van der Waals surface area contributed by atoms with Gasteiger partial charge in [-0.25, -0.2) is 4.68 Å². The van der Waals surface area contributed by atoms with Gasteiger partial charge in [-0.15, -0.1) is 10.2 Å². The van der Waals surface area contributed by atoms with Crippen LogP contribution in [0.3, 0.4) is 0 Å². The summed E-state index contributed by atoms with van der Waals surface area (Å²) in [6.45, 7) is 0.926. The highest BCUT2D eigenvalue weighted by molar-refractivity contribution is 6.32. The first kappa shape index (κ1) is 18.0. The lowest BCUT2D eigenvalue weighted by Crippen LogP contribution is -2.03. The predicted octanol–water partition coefficient (Wildman–Crippen LogP) is 3.51. The first-order chi connectivity index (χ1) is 12.4. The maximum atomic E-state index is 12.4. The van der Waals surface area contributed by atoms with Crippen molar-refractivity contribution >= 4 is 11.6 Å². The third-order valence-electron chi connectivity index (χ3n) is 3.51. The summed E-state index contributed by atoms with van der Waals surface area (Å²) in [5.41, 5.74) is 2.78. The standard InChI is InChI=1S/C16H14ClF2N5O2/c1-9-5-15(22-20-10(9)2)25-8-11-7-24(23-21-11)12-3-4-13(17)14(6-12)26-16(18)19/h3-7,16H,8H2,1-2H3. The van der Waals surface area contributed by atoms with Gasteiger partial charge in [-0.3, -0.25) is 0 Å². The number of alkyl halides is 2. The molecule has 26 heavy (non-hydrogen) atoms. The van der Waals surface area contributed by atoms with E-state index in [0.29, 0.717) is 17.3 Å². The van der Waals surface area contributed by atoms with Gasteiger partial charge in [0.2, 0.25) is 5.88 Å². The molecule has 0 unspecified atom stereocenters. The minimum atomic E-state index is -2.97. The molecule has 0 bridgehead atoms. The molecule has 0 spiro atoms. The molecule has 0 saturated heterocycles. The third-order valence-corrected chi connectivity index (χ3v) is 3.83. The zero-order valence-electron chi connectivity index (χ0n) is 13.9. The Hall–Kier alpha value is -2.81. The second-order valence-corrected chi connectivity index (χ2v) is 5.79. The normalized spacial score (nSPS) is 11.0. The Kier molecular flexibility index (Phi) is 5.27. The Balaban J connectivity index is 1.72. The van der Waals surface area contributed by atoms with Crippen LogP contribution in [0.2, 0.25) is 5.02 Å². The molecule has 1 aromatic carbocycles. The van der Waals surface area contributed by atoms with Crippen LogP contribution >= 0.6 is 11.6 Å². The van der Waals surface area contributed by atoms with Gasteiger partial charge < -0.3 is 9.47 Å². The Morgan fingerprint density at radius 3 is 2.69 bits per heavy atom. The summed E-state index contributed by atoms with van der Waals surface area (Å²) in [6, 6.07) is 6.18. The molecule has 3 rings (SSSR count). The van der Waals surface area contributed by atoms with E-state index in [1.165, 1.54) is 16.8 Å². The van der Waals surface area contributed by atoms with Crippen molar-refractivity contribution < 1.29 is 18.3 Å². The summed E-state index contributed by atoms with van der Waals surface area (Å²) in [5.74, 6) is 0.236. The second kappa shape index (κ2) is 7.61. The van der Waals surface area contributed by atoms with Crippen LogP contribution in [0.1, 0.15) is 17.0 Å². The summed E-state index contributed by atoms with van der Waals surface area (Å²) in [4.78, 5) is 0. The van der Waals surface area contributed by atoms with E-state index in [1.54, 1.807) is 18.3 Å². The smallest absolute Gasteiger partial charge is 0.387 e. The number of hydrogen-bond donors (Lipinski definition) is 0. The highest BCUT2D eigenvalue weighted by Crippen LogP contribution is 2.28. The van der Waals surface area contributed by atoms with E-state index in [4.69, 9.17) is 16.3 Å². The number of rotatable bonds is 6. The molecule has 0 atom stereocenters. The van der Waals surface area contributed by atoms with Gasteiger partial charge in [0.15, 0.2) is 0 Å². The van der Waals surface area contributed by atoms with Crippen LogP contribution in [0.15, 0.2) is 30.5 Å². The molecule has 0 aliphatic heterocycles. The van der Waals surface area contributed by atoms with Crippen LogP contribution in [-0.2, 0) is 6.61 Å². The molecule has 3 aromatic rings. The number of ether oxygens (including phenoxy) is 2. The number of hydrogen-bond acceptors (Lipinski definition) is 6. The van der Waals surface area contributed by atoms with Crippen LogP contribution in [-0.4, -0.2) is 31.8 Å². The van der Waals surface area contributed by atoms with E-state index in [2.05, 4.69) is 25.2 Å².